The van der Waals surface area contributed by atoms with E-state index in [1.807, 2.05) is 35.2 Å². The number of hydrogen-bond acceptors (Lipinski definition) is 4. The number of benzene rings is 1. The molecule has 0 unspecified atom stereocenters. The lowest BCUT2D eigenvalue weighted by Crippen LogP contribution is -2.36. The first-order chi connectivity index (χ1) is 11.6. The van der Waals surface area contributed by atoms with Gasteiger partial charge >= 0.3 is 5.97 Å². The van der Waals surface area contributed by atoms with Crippen LogP contribution in [0, 0.1) is 0 Å². The van der Waals surface area contributed by atoms with Crippen LogP contribution >= 0.6 is 0 Å². The van der Waals surface area contributed by atoms with Gasteiger partial charge in [-0.15, -0.1) is 0 Å². The first kappa shape index (κ1) is 16.0. The number of carbonyl (C=O) groups excluding carboxylic acids is 1. The Hall–Kier alpha value is -2.89. The molecule has 0 spiro atoms. The molecular formula is C18H19N3O3. The van der Waals surface area contributed by atoms with Crippen LogP contribution in [0.3, 0.4) is 0 Å². The number of aromatic nitrogens is 1. The largest absolute Gasteiger partial charge is 0.480 e. The van der Waals surface area contributed by atoms with Crippen LogP contribution in [0.2, 0.25) is 0 Å². The Morgan fingerprint density at radius 2 is 2.04 bits per heavy atom. The number of anilines is 1. The lowest BCUT2D eigenvalue weighted by atomic mass is 10.2. The number of amides is 1. The molecule has 0 radical (unpaired) electrons. The predicted molar refractivity (Wildman–Crippen MR) is 89.9 cm³/mol. The number of carboxylic acid groups (broad SMARTS) is 1. The number of nitrogens with zero attached hydrogens (tertiary/aromatic N) is 2. The molecule has 2 heterocycles. The van der Waals surface area contributed by atoms with E-state index in [2.05, 4.69) is 10.3 Å². The summed E-state index contributed by atoms with van der Waals surface area (Å²) in [7, 11) is 0. The molecule has 2 aromatic rings. The molecule has 6 nitrogen and oxygen atoms in total. The molecule has 1 aliphatic heterocycles. The molecule has 0 aliphatic carbocycles. The fourth-order valence-corrected chi connectivity index (χ4v) is 2.92. The van der Waals surface area contributed by atoms with Crippen LogP contribution in [0.1, 0.15) is 28.9 Å². The van der Waals surface area contributed by atoms with Crippen LogP contribution in [0.25, 0.3) is 0 Å². The van der Waals surface area contributed by atoms with Gasteiger partial charge in [0, 0.05) is 25.0 Å². The summed E-state index contributed by atoms with van der Waals surface area (Å²) < 4.78 is 0. The van der Waals surface area contributed by atoms with E-state index in [1.165, 1.54) is 0 Å². The molecule has 2 N–H and O–H groups in total. The van der Waals surface area contributed by atoms with Crippen molar-refractivity contribution in [2.75, 3.05) is 11.4 Å². The zero-order chi connectivity index (χ0) is 16.9. The van der Waals surface area contributed by atoms with Gasteiger partial charge in [0.15, 0.2) is 0 Å². The van der Waals surface area contributed by atoms with Crippen molar-refractivity contribution in [1.29, 1.82) is 0 Å². The fraction of sp³-hybridized carbons (Fsp3) is 0.278. The van der Waals surface area contributed by atoms with Crippen molar-refractivity contribution in [3.8, 4) is 0 Å². The number of pyridine rings is 1. The third-order valence-corrected chi connectivity index (χ3v) is 4.14. The van der Waals surface area contributed by atoms with Gasteiger partial charge in [0.1, 0.15) is 11.7 Å². The van der Waals surface area contributed by atoms with E-state index < -0.39 is 12.0 Å². The molecule has 0 saturated carbocycles. The van der Waals surface area contributed by atoms with Crippen molar-refractivity contribution < 1.29 is 14.7 Å². The first-order valence-electron chi connectivity index (χ1n) is 7.93. The number of hydrogen-bond donors (Lipinski definition) is 2. The van der Waals surface area contributed by atoms with Gasteiger partial charge in [-0.05, 0) is 30.5 Å². The Labute approximate surface area is 140 Å². The lowest BCUT2D eigenvalue weighted by molar-refractivity contribution is -0.138. The molecule has 1 amide bonds. The van der Waals surface area contributed by atoms with E-state index in [4.69, 9.17) is 0 Å². The highest BCUT2D eigenvalue weighted by atomic mass is 16.4. The summed E-state index contributed by atoms with van der Waals surface area (Å²) >= 11 is 0. The van der Waals surface area contributed by atoms with Gasteiger partial charge in [-0.3, -0.25) is 9.78 Å². The van der Waals surface area contributed by atoms with Crippen LogP contribution in [0.5, 0.6) is 0 Å². The summed E-state index contributed by atoms with van der Waals surface area (Å²) in [6.45, 7) is 1.10. The van der Waals surface area contributed by atoms with Gasteiger partial charge in [-0.2, -0.15) is 0 Å². The van der Waals surface area contributed by atoms with E-state index in [9.17, 15) is 14.7 Å². The van der Waals surface area contributed by atoms with Crippen molar-refractivity contribution in [2.45, 2.75) is 25.4 Å². The van der Waals surface area contributed by atoms with Gasteiger partial charge in [-0.1, -0.05) is 30.3 Å². The Bertz CT molecular complexity index is 733. The second kappa shape index (κ2) is 7.12. The molecule has 24 heavy (non-hydrogen) atoms. The molecule has 1 aromatic carbocycles. The standard InChI is InChI=1S/C18H19N3O3/c22-17(20-12-13-5-2-1-3-6-13)15-11-14(8-9-19-15)21-10-4-7-16(21)18(23)24/h1-3,5-6,8-9,11,16H,4,7,10,12H2,(H,20,22)(H,23,24)/t16-/m1/s1. The number of nitrogens with one attached hydrogen (secondary N) is 1. The van der Waals surface area contributed by atoms with Crippen LogP contribution in [0.15, 0.2) is 48.7 Å². The van der Waals surface area contributed by atoms with Crippen LogP contribution < -0.4 is 10.2 Å². The van der Waals surface area contributed by atoms with E-state index in [0.29, 0.717) is 25.2 Å². The second-order valence-corrected chi connectivity index (χ2v) is 5.76. The van der Waals surface area contributed by atoms with Gasteiger partial charge in [0.2, 0.25) is 0 Å². The SMILES string of the molecule is O=C(NCc1ccccc1)c1cc(N2CCC[C@@H]2C(=O)O)ccn1. The Kier molecular flexibility index (Phi) is 4.74. The highest BCUT2D eigenvalue weighted by Gasteiger charge is 2.30. The summed E-state index contributed by atoms with van der Waals surface area (Å²) in [5.41, 5.74) is 2.02. The Balaban J connectivity index is 1.70. The van der Waals surface area contributed by atoms with Gasteiger partial charge in [0.05, 0.1) is 0 Å². The summed E-state index contributed by atoms with van der Waals surface area (Å²) in [5, 5.41) is 12.1. The Morgan fingerprint density at radius 1 is 1.25 bits per heavy atom. The van der Waals surface area contributed by atoms with Gasteiger partial charge in [-0.25, -0.2) is 4.79 Å². The van der Waals surface area contributed by atoms with Gasteiger partial charge < -0.3 is 15.3 Å². The molecule has 1 aliphatic rings. The van der Waals surface area contributed by atoms with Crippen molar-refractivity contribution >= 4 is 17.6 Å². The topological polar surface area (TPSA) is 82.5 Å². The number of rotatable bonds is 5. The maximum absolute atomic E-state index is 12.3. The molecule has 124 valence electrons. The van der Waals surface area contributed by atoms with Crippen molar-refractivity contribution in [2.24, 2.45) is 0 Å². The average Bonchev–Trinajstić information content (AvgIpc) is 3.11. The van der Waals surface area contributed by atoms with E-state index in [1.54, 1.807) is 18.3 Å². The normalized spacial score (nSPS) is 16.8. The zero-order valence-electron chi connectivity index (χ0n) is 13.2. The number of aliphatic carboxylic acids is 1. The minimum Gasteiger partial charge on any atom is -0.480 e. The second-order valence-electron chi connectivity index (χ2n) is 5.76. The number of carboxylic acids is 1. The zero-order valence-corrected chi connectivity index (χ0v) is 13.2. The lowest BCUT2D eigenvalue weighted by Gasteiger charge is -2.23. The van der Waals surface area contributed by atoms with Crippen molar-refractivity contribution in [3.63, 3.8) is 0 Å². The minimum absolute atomic E-state index is 0.272. The molecule has 1 fully saturated rings. The molecule has 1 saturated heterocycles. The molecule has 3 rings (SSSR count). The van der Waals surface area contributed by atoms with Crippen molar-refractivity contribution in [3.05, 3.63) is 59.9 Å². The molecule has 1 aromatic heterocycles. The van der Waals surface area contributed by atoms with Crippen LogP contribution in [-0.4, -0.2) is 34.6 Å². The van der Waals surface area contributed by atoms with E-state index in [0.717, 1.165) is 17.7 Å². The monoisotopic (exact) mass is 325 g/mol. The smallest absolute Gasteiger partial charge is 0.326 e. The third-order valence-electron chi connectivity index (χ3n) is 4.14. The highest BCUT2D eigenvalue weighted by molar-refractivity contribution is 5.93. The Morgan fingerprint density at radius 3 is 2.79 bits per heavy atom. The van der Waals surface area contributed by atoms with E-state index >= 15 is 0 Å². The summed E-state index contributed by atoms with van der Waals surface area (Å²) in [4.78, 5) is 29.5. The molecule has 6 heteroatoms. The first-order valence-corrected chi connectivity index (χ1v) is 7.93. The third kappa shape index (κ3) is 3.53. The average molecular weight is 325 g/mol. The summed E-state index contributed by atoms with van der Waals surface area (Å²) in [6.07, 6.45) is 2.99. The predicted octanol–water partition coefficient (Wildman–Crippen LogP) is 2.06. The van der Waals surface area contributed by atoms with E-state index in [-0.39, 0.29) is 5.91 Å². The highest BCUT2D eigenvalue weighted by Crippen LogP contribution is 2.25. The number of carbonyl (C=O) groups is 2. The van der Waals surface area contributed by atoms with Gasteiger partial charge in [0.25, 0.3) is 5.91 Å². The minimum atomic E-state index is -0.834. The summed E-state index contributed by atoms with van der Waals surface area (Å²) in [5.74, 6) is -1.11. The summed E-state index contributed by atoms with van der Waals surface area (Å²) in [6, 6.07) is 12.5. The molecule has 0 bridgehead atoms. The van der Waals surface area contributed by atoms with Crippen LogP contribution in [0.4, 0.5) is 5.69 Å². The fourth-order valence-electron chi connectivity index (χ4n) is 2.92. The molecule has 1 atom stereocenters. The molecular weight excluding hydrogens is 306 g/mol. The quantitative estimate of drug-likeness (QED) is 0.879. The van der Waals surface area contributed by atoms with Crippen molar-refractivity contribution in [1.82, 2.24) is 10.3 Å². The maximum Gasteiger partial charge on any atom is 0.326 e. The van der Waals surface area contributed by atoms with Crippen LogP contribution in [-0.2, 0) is 11.3 Å². The maximum atomic E-state index is 12.3.